The molecular weight excluding hydrogens is 336 g/mol. The van der Waals surface area contributed by atoms with E-state index in [1.54, 1.807) is 60.7 Å². The van der Waals surface area contributed by atoms with Crippen LogP contribution >= 0.6 is 0 Å². The number of nitrogens with one attached hydrogen (secondary N) is 2. The standard InChI is InChI=1S/C19H18N2O5/c22-16(14-7-3-1-4-8-14)13-26-18(24)12-11-17(23)20-21-19(25)15-9-5-2-6-10-15/h1-10H,11-13H2,(H,20,23)(H,21,25). The maximum Gasteiger partial charge on any atom is 0.306 e. The molecule has 2 aromatic carbocycles. The number of rotatable bonds is 7. The Morgan fingerprint density at radius 1 is 0.731 bits per heavy atom. The van der Waals surface area contributed by atoms with Crippen LogP contribution in [0.4, 0.5) is 0 Å². The van der Waals surface area contributed by atoms with E-state index in [1.807, 2.05) is 0 Å². The van der Waals surface area contributed by atoms with E-state index in [2.05, 4.69) is 10.9 Å². The Morgan fingerprint density at radius 3 is 1.92 bits per heavy atom. The molecule has 26 heavy (non-hydrogen) atoms. The molecule has 2 aromatic rings. The van der Waals surface area contributed by atoms with Crippen molar-refractivity contribution in [3.8, 4) is 0 Å². The molecule has 7 heteroatoms. The topological polar surface area (TPSA) is 102 Å². The Balaban J connectivity index is 1.65. The summed E-state index contributed by atoms with van der Waals surface area (Å²) in [7, 11) is 0. The summed E-state index contributed by atoms with van der Waals surface area (Å²) in [6, 6.07) is 16.8. The van der Waals surface area contributed by atoms with E-state index in [1.165, 1.54) is 0 Å². The van der Waals surface area contributed by atoms with Gasteiger partial charge in [0, 0.05) is 17.5 Å². The van der Waals surface area contributed by atoms with Crippen LogP contribution in [-0.2, 0) is 14.3 Å². The van der Waals surface area contributed by atoms with E-state index in [4.69, 9.17) is 4.74 Å². The second-order valence-electron chi connectivity index (χ2n) is 5.32. The van der Waals surface area contributed by atoms with Gasteiger partial charge in [-0.15, -0.1) is 0 Å². The highest BCUT2D eigenvalue weighted by Crippen LogP contribution is 2.02. The Labute approximate surface area is 150 Å². The predicted molar refractivity (Wildman–Crippen MR) is 93.0 cm³/mol. The molecule has 0 fully saturated rings. The van der Waals surface area contributed by atoms with Crippen LogP contribution in [0.3, 0.4) is 0 Å². The van der Waals surface area contributed by atoms with Crippen molar-refractivity contribution in [3.05, 3.63) is 71.8 Å². The first-order valence-electron chi connectivity index (χ1n) is 7.94. The number of hydrogen-bond donors (Lipinski definition) is 2. The first kappa shape index (κ1) is 18.9. The average Bonchev–Trinajstić information content (AvgIpc) is 2.69. The predicted octanol–water partition coefficient (Wildman–Crippen LogP) is 1.65. The third-order valence-electron chi connectivity index (χ3n) is 3.37. The van der Waals surface area contributed by atoms with Crippen LogP contribution in [-0.4, -0.2) is 30.2 Å². The number of ketones is 1. The number of hydrazine groups is 1. The highest BCUT2D eigenvalue weighted by atomic mass is 16.5. The van der Waals surface area contributed by atoms with E-state index in [0.717, 1.165) is 0 Å². The highest BCUT2D eigenvalue weighted by Gasteiger charge is 2.12. The smallest absolute Gasteiger partial charge is 0.306 e. The highest BCUT2D eigenvalue weighted by molar-refractivity contribution is 5.98. The number of Topliss-reactive ketones (excluding diaryl/α,β-unsaturated/α-hetero) is 1. The summed E-state index contributed by atoms with van der Waals surface area (Å²) >= 11 is 0. The van der Waals surface area contributed by atoms with Crippen molar-refractivity contribution >= 4 is 23.6 Å². The number of ether oxygens (including phenoxy) is 1. The van der Waals surface area contributed by atoms with Gasteiger partial charge in [0.15, 0.2) is 12.4 Å². The van der Waals surface area contributed by atoms with E-state index < -0.39 is 17.8 Å². The Bertz CT molecular complexity index is 708. The summed E-state index contributed by atoms with van der Waals surface area (Å²) in [6.07, 6.45) is -0.372. The van der Waals surface area contributed by atoms with Gasteiger partial charge in [0.1, 0.15) is 0 Å². The van der Waals surface area contributed by atoms with Gasteiger partial charge in [-0.05, 0) is 12.1 Å². The minimum Gasteiger partial charge on any atom is -0.457 e. The molecule has 2 amide bonds. The number of hydrogen-bond acceptors (Lipinski definition) is 5. The zero-order valence-corrected chi connectivity index (χ0v) is 13.9. The van der Waals surface area contributed by atoms with Crippen molar-refractivity contribution < 1.29 is 23.9 Å². The quantitative estimate of drug-likeness (QED) is 0.447. The lowest BCUT2D eigenvalue weighted by Gasteiger charge is -2.07. The SMILES string of the molecule is O=C(CCC(=O)OCC(=O)c1ccccc1)NNC(=O)c1ccccc1. The molecule has 0 aliphatic heterocycles. The van der Waals surface area contributed by atoms with Gasteiger partial charge < -0.3 is 4.74 Å². The van der Waals surface area contributed by atoms with E-state index in [9.17, 15) is 19.2 Å². The minimum absolute atomic E-state index is 0.173. The van der Waals surface area contributed by atoms with Gasteiger partial charge >= 0.3 is 5.97 Å². The van der Waals surface area contributed by atoms with Gasteiger partial charge in [0.2, 0.25) is 5.91 Å². The van der Waals surface area contributed by atoms with Crippen LogP contribution in [0, 0.1) is 0 Å². The zero-order valence-electron chi connectivity index (χ0n) is 13.9. The van der Waals surface area contributed by atoms with Gasteiger partial charge in [0.25, 0.3) is 5.91 Å². The maximum absolute atomic E-state index is 11.8. The molecule has 0 aromatic heterocycles. The van der Waals surface area contributed by atoms with Crippen LogP contribution in [0.15, 0.2) is 60.7 Å². The number of esters is 1. The van der Waals surface area contributed by atoms with Crippen molar-refractivity contribution in [2.45, 2.75) is 12.8 Å². The molecule has 0 unspecified atom stereocenters. The number of amides is 2. The lowest BCUT2D eigenvalue weighted by molar-refractivity contribution is -0.143. The molecule has 0 spiro atoms. The van der Waals surface area contributed by atoms with Crippen LogP contribution in [0.5, 0.6) is 0 Å². The number of carbonyl (C=O) groups excluding carboxylic acids is 4. The lowest BCUT2D eigenvalue weighted by Crippen LogP contribution is -2.41. The molecule has 0 heterocycles. The van der Waals surface area contributed by atoms with E-state index in [-0.39, 0.29) is 25.2 Å². The fourth-order valence-electron chi connectivity index (χ4n) is 1.99. The second kappa shape index (κ2) is 9.73. The summed E-state index contributed by atoms with van der Waals surface area (Å²) in [5.74, 6) is -1.99. The van der Waals surface area contributed by atoms with Crippen molar-refractivity contribution in [1.82, 2.24) is 10.9 Å². The molecule has 0 aliphatic rings. The normalized spacial score (nSPS) is 9.85. The summed E-state index contributed by atoms with van der Waals surface area (Å²) in [5.41, 5.74) is 5.30. The van der Waals surface area contributed by atoms with Gasteiger partial charge in [0.05, 0.1) is 6.42 Å². The fourth-order valence-corrected chi connectivity index (χ4v) is 1.99. The largest absolute Gasteiger partial charge is 0.457 e. The third kappa shape index (κ3) is 6.20. The Morgan fingerprint density at radius 2 is 1.31 bits per heavy atom. The molecule has 134 valence electrons. The summed E-state index contributed by atoms with van der Waals surface area (Å²) in [4.78, 5) is 46.8. The summed E-state index contributed by atoms with van der Waals surface area (Å²) in [5, 5.41) is 0. The van der Waals surface area contributed by atoms with E-state index >= 15 is 0 Å². The van der Waals surface area contributed by atoms with Crippen molar-refractivity contribution in [2.24, 2.45) is 0 Å². The molecule has 7 nitrogen and oxygen atoms in total. The maximum atomic E-state index is 11.8. The minimum atomic E-state index is -0.668. The first-order chi connectivity index (χ1) is 12.6. The number of carbonyl (C=O) groups is 4. The van der Waals surface area contributed by atoms with Gasteiger partial charge in [-0.3, -0.25) is 30.0 Å². The second-order valence-corrected chi connectivity index (χ2v) is 5.32. The first-order valence-corrected chi connectivity index (χ1v) is 7.94. The molecule has 0 saturated carbocycles. The van der Waals surface area contributed by atoms with Crippen LogP contribution in [0.2, 0.25) is 0 Å². The molecule has 0 bridgehead atoms. The molecule has 0 saturated heterocycles. The van der Waals surface area contributed by atoms with E-state index in [0.29, 0.717) is 11.1 Å². The van der Waals surface area contributed by atoms with Crippen LogP contribution in [0.25, 0.3) is 0 Å². The average molecular weight is 354 g/mol. The van der Waals surface area contributed by atoms with Crippen LogP contribution < -0.4 is 10.9 Å². The van der Waals surface area contributed by atoms with Crippen molar-refractivity contribution in [3.63, 3.8) is 0 Å². The number of benzene rings is 2. The lowest BCUT2D eigenvalue weighted by atomic mass is 10.1. The Hall–Kier alpha value is -3.48. The molecule has 2 N–H and O–H groups in total. The van der Waals surface area contributed by atoms with Gasteiger partial charge in [-0.2, -0.15) is 0 Å². The fraction of sp³-hybridized carbons (Fsp3) is 0.158. The molecule has 0 atom stereocenters. The molecule has 2 rings (SSSR count). The van der Waals surface area contributed by atoms with Gasteiger partial charge in [-0.1, -0.05) is 48.5 Å². The van der Waals surface area contributed by atoms with Crippen molar-refractivity contribution in [1.29, 1.82) is 0 Å². The monoisotopic (exact) mass is 354 g/mol. The third-order valence-corrected chi connectivity index (χ3v) is 3.37. The van der Waals surface area contributed by atoms with Crippen LogP contribution in [0.1, 0.15) is 33.6 Å². The summed E-state index contributed by atoms with van der Waals surface area (Å²) in [6.45, 7) is -0.380. The summed E-state index contributed by atoms with van der Waals surface area (Å²) < 4.78 is 4.85. The molecule has 0 aliphatic carbocycles. The van der Waals surface area contributed by atoms with Crippen molar-refractivity contribution in [2.75, 3.05) is 6.61 Å². The molecule has 0 radical (unpaired) electrons. The molecular formula is C19H18N2O5. The Kier molecular flexibility index (Phi) is 7.05. The zero-order chi connectivity index (χ0) is 18.8. The van der Waals surface area contributed by atoms with Gasteiger partial charge in [-0.25, -0.2) is 0 Å².